The Kier molecular flexibility index (Phi) is 3.34. The van der Waals surface area contributed by atoms with Crippen LogP contribution in [0, 0.1) is 12.8 Å². The molecule has 0 bridgehead atoms. The minimum Gasteiger partial charge on any atom is -0.144 e. The van der Waals surface area contributed by atoms with Gasteiger partial charge in [0.1, 0.15) is 0 Å². The van der Waals surface area contributed by atoms with E-state index in [1.165, 1.54) is 23.3 Å². The molecule has 0 saturated heterocycles. The highest BCUT2D eigenvalue weighted by Crippen LogP contribution is 2.40. The van der Waals surface area contributed by atoms with Gasteiger partial charge in [-0.25, -0.2) is 0 Å². The van der Waals surface area contributed by atoms with Gasteiger partial charge in [-0.2, -0.15) is 0 Å². The highest BCUT2D eigenvalue weighted by atomic mass is 32.1. The summed E-state index contributed by atoms with van der Waals surface area (Å²) in [6.07, 6.45) is 9.31. The summed E-state index contributed by atoms with van der Waals surface area (Å²) in [4.78, 5) is 3.06. The van der Waals surface area contributed by atoms with Crippen molar-refractivity contribution in [3.63, 3.8) is 0 Å². The molecule has 1 heteroatoms. The summed E-state index contributed by atoms with van der Waals surface area (Å²) in [6, 6.07) is 0. The van der Waals surface area contributed by atoms with Crippen molar-refractivity contribution in [1.29, 1.82) is 0 Å². The summed E-state index contributed by atoms with van der Waals surface area (Å²) < 4.78 is 0. The maximum absolute atomic E-state index is 2.44. The SMILES string of the molecule is C/C=C\c1c(C)sc2c1C(C(C)C)=CCC2. The quantitative estimate of drug-likeness (QED) is 0.667. The average Bonchev–Trinajstić information content (AvgIpc) is 2.55. The minimum atomic E-state index is 0.636. The summed E-state index contributed by atoms with van der Waals surface area (Å²) in [5, 5.41) is 0. The van der Waals surface area contributed by atoms with Gasteiger partial charge < -0.3 is 0 Å². The van der Waals surface area contributed by atoms with Gasteiger partial charge in [0.05, 0.1) is 0 Å². The Morgan fingerprint density at radius 3 is 2.75 bits per heavy atom. The summed E-state index contributed by atoms with van der Waals surface area (Å²) in [5.41, 5.74) is 4.56. The summed E-state index contributed by atoms with van der Waals surface area (Å²) in [7, 11) is 0. The molecule has 2 rings (SSSR count). The van der Waals surface area contributed by atoms with Crippen molar-refractivity contribution >= 4 is 23.0 Å². The molecule has 0 N–H and O–H groups in total. The van der Waals surface area contributed by atoms with Crippen LogP contribution >= 0.6 is 11.3 Å². The molecule has 0 fully saturated rings. The molecule has 0 unspecified atom stereocenters. The Morgan fingerprint density at radius 1 is 1.38 bits per heavy atom. The topological polar surface area (TPSA) is 0 Å². The Bertz CT molecular complexity index is 444. The van der Waals surface area contributed by atoms with Crippen LogP contribution < -0.4 is 0 Å². The van der Waals surface area contributed by atoms with E-state index < -0.39 is 0 Å². The molecule has 1 aliphatic rings. The zero-order valence-electron chi connectivity index (χ0n) is 10.6. The Morgan fingerprint density at radius 2 is 2.12 bits per heavy atom. The molecule has 86 valence electrons. The molecule has 1 aliphatic carbocycles. The van der Waals surface area contributed by atoms with Crippen LogP contribution in [0.4, 0.5) is 0 Å². The molecule has 1 aromatic rings. The molecule has 0 aliphatic heterocycles. The van der Waals surface area contributed by atoms with E-state index in [4.69, 9.17) is 0 Å². The van der Waals surface area contributed by atoms with E-state index in [1.807, 2.05) is 11.3 Å². The molecule has 0 amide bonds. The third kappa shape index (κ3) is 1.89. The van der Waals surface area contributed by atoms with Gasteiger partial charge in [0.2, 0.25) is 0 Å². The fourth-order valence-electron chi connectivity index (χ4n) is 2.46. The molecular weight excluding hydrogens is 212 g/mol. The molecule has 1 aromatic heterocycles. The summed E-state index contributed by atoms with van der Waals surface area (Å²) >= 11 is 1.99. The molecule has 0 saturated carbocycles. The van der Waals surface area contributed by atoms with E-state index in [2.05, 4.69) is 45.9 Å². The minimum absolute atomic E-state index is 0.636. The van der Waals surface area contributed by atoms with Gasteiger partial charge in [-0.05, 0) is 49.3 Å². The lowest BCUT2D eigenvalue weighted by atomic mass is 9.86. The lowest BCUT2D eigenvalue weighted by Crippen LogP contribution is -2.02. The van der Waals surface area contributed by atoms with Gasteiger partial charge in [-0.1, -0.05) is 32.1 Å². The number of thiophene rings is 1. The fraction of sp³-hybridized carbons (Fsp3) is 0.467. The van der Waals surface area contributed by atoms with Crippen LogP contribution in [-0.2, 0) is 6.42 Å². The number of rotatable bonds is 2. The average molecular weight is 232 g/mol. The van der Waals surface area contributed by atoms with Crippen LogP contribution in [0.15, 0.2) is 12.2 Å². The van der Waals surface area contributed by atoms with Crippen molar-refractivity contribution in [2.24, 2.45) is 5.92 Å². The second-order valence-corrected chi connectivity index (χ2v) is 6.03. The Hall–Kier alpha value is -0.820. The van der Waals surface area contributed by atoms with Gasteiger partial charge in [-0.15, -0.1) is 11.3 Å². The van der Waals surface area contributed by atoms with E-state index in [0.29, 0.717) is 5.92 Å². The van der Waals surface area contributed by atoms with Gasteiger partial charge in [0.15, 0.2) is 0 Å². The van der Waals surface area contributed by atoms with E-state index in [9.17, 15) is 0 Å². The maximum atomic E-state index is 2.44. The standard InChI is InChI=1S/C15H20S/c1-5-7-13-11(4)16-14-9-6-8-12(10(2)3)15(13)14/h5,7-8,10H,6,9H2,1-4H3/b7-5-. The monoisotopic (exact) mass is 232 g/mol. The predicted molar refractivity (Wildman–Crippen MR) is 74.9 cm³/mol. The van der Waals surface area contributed by atoms with Crippen LogP contribution in [0.2, 0.25) is 0 Å². The van der Waals surface area contributed by atoms with Crippen molar-refractivity contribution in [3.05, 3.63) is 33.0 Å². The molecule has 0 atom stereocenters. The summed E-state index contributed by atoms with van der Waals surface area (Å²) in [5.74, 6) is 0.636. The second-order valence-electron chi connectivity index (χ2n) is 4.72. The lowest BCUT2D eigenvalue weighted by molar-refractivity contribution is 0.833. The molecule has 0 radical (unpaired) electrons. The third-order valence-corrected chi connectivity index (χ3v) is 4.36. The third-order valence-electron chi connectivity index (χ3n) is 3.18. The smallest absolute Gasteiger partial charge is 0.0132 e. The van der Waals surface area contributed by atoms with Crippen molar-refractivity contribution in [2.45, 2.75) is 40.5 Å². The zero-order chi connectivity index (χ0) is 11.7. The van der Waals surface area contributed by atoms with Crippen LogP contribution in [0.5, 0.6) is 0 Å². The molecule has 0 nitrogen and oxygen atoms in total. The molecule has 0 spiro atoms. The van der Waals surface area contributed by atoms with Gasteiger partial charge >= 0.3 is 0 Å². The number of fused-ring (bicyclic) bond motifs is 1. The molecule has 0 aromatic carbocycles. The van der Waals surface area contributed by atoms with Gasteiger partial charge in [0.25, 0.3) is 0 Å². The first-order chi connectivity index (χ1) is 7.65. The van der Waals surface area contributed by atoms with Crippen LogP contribution in [0.25, 0.3) is 11.6 Å². The number of hydrogen-bond donors (Lipinski definition) is 0. The Labute approximate surface area is 103 Å². The normalized spacial score (nSPS) is 15.7. The van der Waals surface area contributed by atoms with E-state index in [1.54, 1.807) is 16.0 Å². The van der Waals surface area contributed by atoms with E-state index in [0.717, 1.165) is 0 Å². The number of allylic oxidation sites excluding steroid dienone is 3. The first-order valence-corrected chi connectivity index (χ1v) is 6.92. The van der Waals surface area contributed by atoms with Crippen LogP contribution in [0.1, 0.15) is 48.1 Å². The van der Waals surface area contributed by atoms with Crippen molar-refractivity contribution in [2.75, 3.05) is 0 Å². The first kappa shape index (κ1) is 11.7. The largest absolute Gasteiger partial charge is 0.144 e. The first-order valence-electron chi connectivity index (χ1n) is 6.10. The highest BCUT2D eigenvalue weighted by molar-refractivity contribution is 7.12. The Balaban J connectivity index is 2.59. The van der Waals surface area contributed by atoms with Gasteiger partial charge in [-0.3, -0.25) is 0 Å². The van der Waals surface area contributed by atoms with Gasteiger partial charge in [0, 0.05) is 9.75 Å². The molecular formula is C15H20S. The maximum Gasteiger partial charge on any atom is 0.0132 e. The zero-order valence-corrected chi connectivity index (χ0v) is 11.4. The number of hydrogen-bond acceptors (Lipinski definition) is 1. The molecule has 16 heavy (non-hydrogen) atoms. The highest BCUT2D eigenvalue weighted by Gasteiger charge is 2.21. The van der Waals surface area contributed by atoms with Crippen molar-refractivity contribution in [1.82, 2.24) is 0 Å². The van der Waals surface area contributed by atoms with Crippen molar-refractivity contribution < 1.29 is 0 Å². The summed E-state index contributed by atoms with van der Waals surface area (Å²) in [6.45, 7) is 8.95. The fourth-order valence-corrected chi connectivity index (χ4v) is 3.66. The van der Waals surface area contributed by atoms with Crippen LogP contribution in [-0.4, -0.2) is 0 Å². The number of aryl methyl sites for hydroxylation is 2. The lowest BCUT2D eigenvalue weighted by Gasteiger charge is -2.18. The predicted octanol–water partition coefficient (Wildman–Crippen LogP) is 5.08. The second kappa shape index (κ2) is 4.58. The van der Waals surface area contributed by atoms with E-state index in [-0.39, 0.29) is 0 Å². The van der Waals surface area contributed by atoms with E-state index >= 15 is 0 Å². The van der Waals surface area contributed by atoms with Crippen LogP contribution in [0.3, 0.4) is 0 Å². The molecule has 1 heterocycles. The van der Waals surface area contributed by atoms with Crippen molar-refractivity contribution in [3.8, 4) is 0 Å².